The maximum Gasteiger partial charge on any atom is 0.194 e. The highest BCUT2D eigenvalue weighted by Crippen LogP contribution is 2.38. The van der Waals surface area contributed by atoms with E-state index in [9.17, 15) is 0 Å². The van der Waals surface area contributed by atoms with E-state index < -0.39 is 0 Å². The number of likely N-dealkylation sites (tertiary alicyclic amines) is 1. The number of imidazole rings is 1. The van der Waals surface area contributed by atoms with Gasteiger partial charge in [-0.05, 0) is 25.3 Å². The lowest BCUT2D eigenvalue weighted by Crippen LogP contribution is -2.41. The molecule has 4 rings (SSSR count). The molecule has 6 heteroatoms. The molecule has 0 saturated carbocycles. The molecule has 1 N–H and O–H groups in total. The molecule has 1 aromatic carbocycles. The molecule has 2 fully saturated rings. The normalized spacial score (nSPS) is 22.7. The first kappa shape index (κ1) is 18.0. The Kier molecular flexibility index (Phi) is 5.43. The average molecular weight is 367 g/mol. The molecule has 2 aliphatic rings. The fraction of sp³-hybridized carbons (Fsp3) is 0.524. The lowest BCUT2D eigenvalue weighted by Gasteiger charge is -2.25. The summed E-state index contributed by atoms with van der Waals surface area (Å²) in [6, 6.07) is 10.5. The first-order valence-electron chi connectivity index (χ1n) is 9.93. The third-order valence-electron chi connectivity index (χ3n) is 5.63. The fourth-order valence-corrected chi connectivity index (χ4v) is 4.07. The zero-order chi connectivity index (χ0) is 18.5. The number of hydrogen-bond acceptors (Lipinski definition) is 3. The Morgan fingerprint density at radius 1 is 1.30 bits per heavy atom. The second-order valence-corrected chi connectivity index (χ2v) is 7.60. The number of ether oxygens (including phenoxy) is 1. The molecule has 27 heavy (non-hydrogen) atoms. The summed E-state index contributed by atoms with van der Waals surface area (Å²) >= 11 is 0. The first-order chi connectivity index (χ1) is 13.3. The SMILES string of the molecule is CCNC(=NCc1nccn1Cc1ccccc1)N1CCC2(CCOC2)C1. The lowest BCUT2D eigenvalue weighted by atomic mass is 9.87. The van der Waals surface area contributed by atoms with Crippen molar-refractivity contribution in [1.29, 1.82) is 0 Å². The van der Waals surface area contributed by atoms with Gasteiger partial charge in [0.25, 0.3) is 0 Å². The number of aliphatic imine (C=N–C) groups is 1. The van der Waals surface area contributed by atoms with Gasteiger partial charge in [-0.25, -0.2) is 9.98 Å². The van der Waals surface area contributed by atoms with Crippen molar-refractivity contribution in [3.8, 4) is 0 Å². The number of hydrogen-bond donors (Lipinski definition) is 1. The Morgan fingerprint density at radius 2 is 2.19 bits per heavy atom. The molecular formula is C21H29N5O. The summed E-state index contributed by atoms with van der Waals surface area (Å²) in [5.74, 6) is 1.99. The van der Waals surface area contributed by atoms with Crippen LogP contribution in [0.15, 0.2) is 47.7 Å². The van der Waals surface area contributed by atoms with Crippen LogP contribution in [0.25, 0.3) is 0 Å². The van der Waals surface area contributed by atoms with Crippen LogP contribution < -0.4 is 5.32 Å². The second kappa shape index (κ2) is 8.13. The van der Waals surface area contributed by atoms with E-state index in [2.05, 4.69) is 51.0 Å². The summed E-state index contributed by atoms with van der Waals surface area (Å²) in [5.41, 5.74) is 1.61. The molecule has 1 aromatic heterocycles. The molecule has 144 valence electrons. The molecule has 2 saturated heterocycles. The van der Waals surface area contributed by atoms with Crippen LogP contribution in [-0.2, 0) is 17.8 Å². The van der Waals surface area contributed by atoms with E-state index in [0.29, 0.717) is 12.0 Å². The first-order valence-corrected chi connectivity index (χ1v) is 9.93. The maximum atomic E-state index is 5.66. The van der Waals surface area contributed by atoms with Gasteiger partial charge in [0.05, 0.1) is 6.61 Å². The van der Waals surface area contributed by atoms with Crippen LogP contribution in [0.5, 0.6) is 0 Å². The number of aromatic nitrogens is 2. The molecule has 2 aromatic rings. The number of rotatable bonds is 5. The predicted molar refractivity (Wildman–Crippen MR) is 107 cm³/mol. The summed E-state index contributed by atoms with van der Waals surface area (Å²) in [4.78, 5) is 11.8. The third kappa shape index (κ3) is 4.16. The van der Waals surface area contributed by atoms with Crippen LogP contribution in [0, 0.1) is 5.41 Å². The van der Waals surface area contributed by atoms with Crippen molar-refractivity contribution >= 4 is 5.96 Å². The van der Waals surface area contributed by atoms with E-state index in [1.54, 1.807) is 0 Å². The molecule has 3 heterocycles. The highest BCUT2D eigenvalue weighted by atomic mass is 16.5. The van der Waals surface area contributed by atoms with Gasteiger partial charge in [0.15, 0.2) is 5.96 Å². The Morgan fingerprint density at radius 3 is 2.96 bits per heavy atom. The Hall–Kier alpha value is -2.34. The topological polar surface area (TPSA) is 54.7 Å². The van der Waals surface area contributed by atoms with E-state index in [1.165, 1.54) is 18.4 Å². The Labute approximate surface area is 161 Å². The maximum absolute atomic E-state index is 5.66. The van der Waals surface area contributed by atoms with E-state index in [-0.39, 0.29) is 0 Å². The van der Waals surface area contributed by atoms with Gasteiger partial charge in [-0.1, -0.05) is 30.3 Å². The number of benzene rings is 1. The number of nitrogens with zero attached hydrogens (tertiary/aromatic N) is 4. The molecular weight excluding hydrogens is 338 g/mol. The predicted octanol–water partition coefficient (Wildman–Crippen LogP) is 2.51. The van der Waals surface area contributed by atoms with Gasteiger partial charge in [-0.2, -0.15) is 0 Å². The Balaban J connectivity index is 1.45. The van der Waals surface area contributed by atoms with Crippen molar-refractivity contribution in [2.24, 2.45) is 10.4 Å². The minimum atomic E-state index is 0.335. The van der Waals surface area contributed by atoms with Crippen LogP contribution in [0.4, 0.5) is 0 Å². The van der Waals surface area contributed by atoms with E-state index in [4.69, 9.17) is 9.73 Å². The van der Waals surface area contributed by atoms with Gasteiger partial charge in [0, 0.05) is 50.6 Å². The molecule has 0 aliphatic carbocycles. The van der Waals surface area contributed by atoms with Gasteiger partial charge >= 0.3 is 0 Å². The summed E-state index contributed by atoms with van der Waals surface area (Å²) in [6.07, 6.45) is 6.26. The summed E-state index contributed by atoms with van der Waals surface area (Å²) in [7, 11) is 0. The molecule has 1 unspecified atom stereocenters. The van der Waals surface area contributed by atoms with Crippen molar-refractivity contribution < 1.29 is 4.74 Å². The molecule has 6 nitrogen and oxygen atoms in total. The molecule has 0 bridgehead atoms. The minimum absolute atomic E-state index is 0.335. The van der Waals surface area contributed by atoms with Crippen molar-refractivity contribution in [1.82, 2.24) is 19.8 Å². The highest BCUT2D eigenvalue weighted by Gasteiger charge is 2.42. The standard InChI is InChI=1S/C21H29N5O/c1-2-22-20(26-11-8-21(16-26)9-13-27-17-21)24-14-19-23-10-12-25(19)15-18-6-4-3-5-7-18/h3-7,10,12H,2,8-9,11,13-17H2,1H3,(H,22,24). The van der Waals surface area contributed by atoms with Gasteiger partial charge in [-0.15, -0.1) is 0 Å². The minimum Gasteiger partial charge on any atom is -0.381 e. The van der Waals surface area contributed by atoms with Crippen LogP contribution in [-0.4, -0.2) is 53.3 Å². The zero-order valence-corrected chi connectivity index (χ0v) is 16.1. The molecule has 1 atom stereocenters. The average Bonchev–Trinajstić information content (AvgIpc) is 3.43. The van der Waals surface area contributed by atoms with Crippen LogP contribution in [0.2, 0.25) is 0 Å². The van der Waals surface area contributed by atoms with Crippen molar-refractivity contribution in [2.75, 3.05) is 32.8 Å². The smallest absolute Gasteiger partial charge is 0.194 e. The van der Waals surface area contributed by atoms with Crippen LogP contribution in [0.1, 0.15) is 31.2 Å². The van der Waals surface area contributed by atoms with Crippen molar-refractivity contribution in [3.05, 3.63) is 54.1 Å². The molecule has 1 spiro atoms. The highest BCUT2D eigenvalue weighted by molar-refractivity contribution is 5.80. The van der Waals surface area contributed by atoms with Crippen molar-refractivity contribution in [3.63, 3.8) is 0 Å². The molecule has 0 amide bonds. The van der Waals surface area contributed by atoms with Crippen molar-refractivity contribution in [2.45, 2.75) is 32.9 Å². The summed E-state index contributed by atoms with van der Waals surface area (Å²) in [5, 5.41) is 3.46. The second-order valence-electron chi connectivity index (χ2n) is 7.60. The van der Waals surface area contributed by atoms with Crippen LogP contribution >= 0.6 is 0 Å². The quantitative estimate of drug-likeness (QED) is 0.652. The lowest BCUT2D eigenvalue weighted by molar-refractivity contribution is 0.156. The largest absolute Gasteiger partial charge is 0.381 e. The number of guanidine groups is 1. The van der Waals surface area contributed by atoms with Gasteiger partial charge in [-0.3, -0.25) is 0 Å². The fourth-order valence-electron chi connectivity index (χ4n) is 4.07. The number of nitrogens with one attached hydrogen (secondary N) is 1. The van der Waals surface area contributed by atoms with E-state index in [0.717, 1.165) is 51.2 Å². The van der Waals surface area contributed by atoms with Gasteiger partial charge < -0.3 is 19.5 Å². The Bertz CT molecular complexity index is 764. The molecule has 2 aliphatic heterocycles. The summed E-state index contributed by atoms with van der Waals surface area (Å²) in [6.45, 7) is 8.29. The van der Waals surface area contributed by atoms with E-state index in [1.807, 2.05) is 18.5 Å². The third-order valence-corrected chi connectivity index (χ3v) is 5.63. The monoisotopic (exact) mass is 367 g/mol. The summed E-state index contributed by atoms with van der Waals surface area (Å²) < 4.78 is 7.84. The van der Waals surface area contributed by atoms with Crippen LogP contribution in [0.3, 0.4) is 0 Å². The molecule has 0 radical (unpaired) electrons. The van der Waals surface area contributed by atoms with Gasteiger partial charge in [0.2, 0.25) is 0 Å². The van der Waals surface area contributed by atoms with Gasteiger partial charge in [0.1, 0.15) is 12.4 Å². The zero-order valence-electron chi connectivity index (χ0n) is 16.1. The van der Waals surface area contributed by atoms with E-state index >= 15 is 0 Å².